The van der Waals surface area contributed by atoms with E-state index in [0.717, 1.165) is 4.88 Å². The summed E-state index contributed by atoms with van der Waals surface area (Å²) in [6, 6.07) is 6.32. The van der Waals surface area contributed by atoms with Crippen LogP contribution in [0.1, 0.15) is 10.4 Å². The van der Waals surface area contributed by atoms with E-state index < -0.39 is 11.6 Å². The lowest BCUT2D eigenvalue weighted by Crippen LogP contribution is -2.13. The quantitative estimate of drug-likeness (QED) is 0.839. The predicted octanol–water partition coefficient (Wildman–Crippen LogP) is 3.93. The molecule has 0 atom stereocenters. The molecule has 2 nitrogen and oxygen atoms in total. The molecule has 1 aromatic heterocycles. The maximum atomic E-state index is 13.8. The Morgan fingerprint density at radius 1 is 1.26 bits per heavy atom. The van der Waals surface area contributed by atoms with Gasteiger partial charge in [-0.3, -0.25) is 0 Å². The number of rotatable bonds is 4. The summed E-state index contributed by atoms with van der Waals surface area (Å²) in [7, 11) is 0. The van der Waals surface area contributed by atoms with Crippen LogP contribution >= 0.6 is 35.2 Å². The van der Waals surface area contributed by atoms with Crippen LogP contribution in [0.3, 0.4) is 0 Å². The summed E-state index contributed by atoms with van der Waals surface area (Å²) in [4.78, 5) is 0.746. The van der Waals surface area contributed by atoms with Gasteiger partial charge < -0.3 is 11.1 Å². The fourth-order valence-corrected chi connectivity index (χ4v) is 2.69. The van der Waals surface area contributed by atoms with Crippen LogP contribution in [-0.4, -0.2) is 4.99 Å². The third-order valence-corrected chi connectivity index (χ3v) is 3.88. The van der Waals surface area contributed by atoms with Gasteiger partial charge in [0.2, 0.25) is 0 Å². The zero-order chi connectivity index (χ0) is 14.0. The second-order valence-electron chi connectivity index (χ2n) is 3.71. The third kappa shape index (κ3) is 3.20. The minimum Gasteiger partial charge on any atom is -0.389 e. The Morgan fingerprint density at radius 3 is 2.58 bits per heavy atom. The molecule has 3 N–H and O–H groups in total. The van der Waals surface area contributed by atoms with E-state index in [-0.39, 0.29) is 16.2 Å². The lowest BCUT2D eigenvalue weighted by molar-refractivity contribution is 0.509. The molecule has 0 aliphatic heterocycles. The van der Waals surface area contributed by atoms with Crippen LogP contribution in [-0.2, 0) is 6.54 Å². The SMILES string of the molecule is NC(=S)c1ccc(NCc2ccc(Cl)s2)c(F)c1F. The first-order valence-corrected chi connectivity index (χ1v) is 6.85. The van der Waals surface area contributed by atoms with Gasteiger partial charge in [0.1, 0.15) is 4.99 Å². The minimum absolute atomic E-state index is 0.0574. The van der Waals surface area contributed by atoms with Crippen LogP contribution < -0.4 is 11.1 Å². The first-order valence-electron chi connectivity index (χ1n) is 5.25. The Morgan fingerprint density at radius 2 is 2.00 bits per heavy atom. The van der Waals surface area contributed by atoms with E-state index in [9.17, 15) is 8.78 Å². The van der Waals surface area contributed by atoms with Crippen LogP contribution in [0.5, 0.6) is 0 Å². The van der Waals surface area contributed by atoms with E-state index >= 15 is 0 Å². The van der Waals surface area contributed by atoms with Gasteiger partial charge in [-0.2, -0.15) is 0 Å². The number of halogens is 3. The first kappa shape index (κ1) is 14.2. The van der Waals surface area contributed by atoms with Gasteiger partial charge >= 0.3 is 0 Å². The fraction of sp³-hybridized carbons (Fsp3) is 0.0833. The van der Waals surface area contributed by atoms with Gasteiger partial charge in [0.25, 0.3) is 0 Å². The van der Waals surface area contributed by atoms with Crippen LogP contribution in [0.4, 0.5) is 14.5 Å². The lowest BCUT2D eigenvalue weighted by Gasteiger charge is -2.09. The van der Waals surface area contributed by atoms with Crippen molar-refractivity contribution in [2.75, 3.05) is 5.32 Å². The van der Waals surface area contributed by atoms with Gasteiger partial charge in [-0.1, -0.05) is 23.8 Å². The number of hydrogen-bond donors (Lipinski definition) is 2. The molecule has 2 aromatic rings. The summed E-state index contributed by atoms with van der Waals surface area (Å²) >= 11 is 11.8. The highest BCUT2D eigenvalue weighted by Gasteiger charge is 2.14. The molecule has 0 unspecified atom stereocenters. The van der Waals surface area contributed by atoms with Crippen molar-refractivity contribution in [1.29, 1.82) is 0 Å². The molecule has 0 aliphatic rings. The summed E-state index contributed by atoms with van der Waals surface area (Å²) in [5.41, 5.74) is 5.25. The van der Waals surface area contributed by atoms with Crippen LogP contribution in [0, 0.1) is 11.6 Å². The predicted molar refractivity (Wildman–Crippen MR) is 78.9 cm³/mol. The number of nitrogens with two attached hydrogens (primary N) is 1. The molecule has 0 spiro atoms. The number of benzene rings is 1. The fourth-order valence-electron chi connectivity index (χ4n) is 1.51. The van der Waals surface area contributed by atoms with Crippen molar-refractivity contribution < 1.29 is 8.78 Å². The van der Waals surface area contributed by atoms with Gasteiger partial charge in [0, 0.05) is 17.0 Å². The largest absolute Gasteiger partial charge is 0.389 e. The van der Waals surface area contributed by atoms with E-state index in [1.165, 1.54) is 23.5 Å². The molecule has 0 radical (unpaired) electrons. The third-order valence-electron chi connectivity index (χ3n) is 2.43. The zero-order valence-electron chi connectivity index (χ0n) is 9.54. The Kier molecular flexibility index (Phi) is 4.34. The first-order chi connectivity index (χ1) is 8.99. The Labute approximate surface area is 123 Å². The molecule has 0 bridgehead atoms. The van der Waals surface area contributed by atoms with E-state index in [0.29, 0.717) is 10.9 Å². The molecule has 7 heteroatoms. The summed E-state index contributed by atoms with van der Waals surface area (Å²) < 4.78 is 28.0. The van der Waals surface area contributed by atoms with E-state index in [1.54, 1.807) is 6.07 Å². The second-order valence-corrected chi connectivity index (χ2v) is 5.95. The Bertz CT molecular complexity index is 628. The summed E-state index contributed by atoms with van der Waals surface area (Å²) in [5, 5.41) is 2.80. The van der Waals surface area contributed by atoms with Crippen molar-refractivity contribution in [2.24, 2.45) is 5.73 Å². The number of nitrogens with one attached hydrogen (secondary N) is 1. The number of thiocarbonyl (C=S) groups is 1. The number of hydrogen-bond acceptors (Lipinski definition) is 3. The molecular formula is C12H9ClF2N2S2. The van der Waals surface area contributed by atoms with Crippen molar-refractivity contribution in [3.8, 4) is 0 Å². The summed E-state index contributed by atoms with van der Waals surface area (Å²) in [5.74, 6) is -2.03. The van der Waals surface area contributed by atoms with Crippen LogP contribution in [0.15, 0.2) is 24.3 Å². The minimum atomic E-state index is -1.04. The normalized spacial score (nSPS) is 10.5. The smallest absolute Gasteiger partial charge is 0.182 e. The van der Waals surface area contributed by atoms with Crippen molar-refractivity contribution in [2.45, 2.75) is 6.54 Å². The molecule has 2 rings (SSSR count). The lowest BCUT2D eigenvalue weighted by atomic mass is 10.2. The van der Waals surface area contributed by atoms with Gasteiger partial charge in [-0.15, -0.1) is 11.3 Å². The maximum absolute atomic E-state index is 13.8. The highest BCUT2D eigenvalue weighted by Crippen LogP contribution is 2.24. The number of anilines is 1. The van der Waals surface area contributed by atoms with Crippen molar-refractivity contribution in [3.63, 3.8) is 0 Å². The van der Waals surface area contributed by atoms with E-state index in [4.69, 9.17) is 17.3 Å². The summed E-state index contributed by atoms with van der Waals surface area (Å²) in [6.45, 7) is 0.361. The molecule has 0 aliphatic carbocycles. The average Bonchev–Trinajstić information content (AvgIpc) is 2.76. The van der Waals surface area contributed by atoms with Crippen molar-refractivity contribution in [1.82, 2.24) is 0 Å². The average molecular weight is 319 g/mol. The number of thiophene rings is 1. The standard InChI is InChI=1S/C12H9ClF2N2S2/c13-9-4-1-6(19-9)5-17-8-3-2-7(12(16)18)10(14)11(8)15/h1-4,17H,5H2,(H2,16,18). The molecule has 0 amide bonds. The zero-order valence-corrected chi connectivity index (χ0v) is 11.9. The maximum Gasteiger partial charge on any atom is 0.182 e. The monoisotopic (exact) mass is 318 g/mol. The van der Waals surface area contributed by atoms with Crippen LogP contribution in [0.25, 0.3) is 0 Å². The van der Waals surface area contributed by atoms with Gasteiger partial charge in [-0.25, -0.2) is 8.78 Å². The van der Waals surface area contributed by atoms with E-state index in [2.05, 4.69) is 17.5 Å². The molecule has 0 fully saturated rings. The molecule has 1 aromatic carbocycles. The molecule has 0 saturated carbocycles. The Balaban J connectivity index is 2.17. The molecular weight excluding hydrogens is 310 g/mol. The highest BCUT2D eigenvalue weighted by atomic mass is 35.5. The topological polar surface area (TPSA) is 38.0 Å². The molecule has 1 heterocycles. The highest BCUT2D eigenvalue weighted by molar-refractivity contribution is 7.80. The summed E-state index contributed by atoms with van der Waals surface area (Å²) in [6.07, 6.45) is 0. The van der Waals surface area contributed by atoms with Gasteiger partial charge in [0.05, 0.1) is 10.0 Å². The molecule has 0 saturated heterocycles. The van der Waals surface area contributed by atoms with E-state index in [1.807, 2.05) is 6.07 Å². The van der Waals surface area contributed by atoms with Crippen LogP contribution in [0.2, 0.25) is 4.34 Å². The van der Waals surface area contributed by atoms with Crippen molar-refractivity contribution in [3.05, 3.63) is 50.7 Å². The van der Waals surface area contributed by atoms with Crippen molar-refractivity contribution >= 4 is 45.8 Å². The van der Waals surface area contributed by atoms with Gasteiger partial charge in [0.15, 0.2) is 11.6 Å². The van der Waals surface area contributed by atoms with Gasteiger partial charge in [-0.05, 0) is 24.3 Å². The Hall–Kier alpha value is -1.24. The second kappa shape index (κ2) is 5.81. The molecule has 100 valence electrons. The molecule has 19 heavy (non-hydrogen) atoms.